The molecule has 86 valence electrons. The van der Waals surface area contributed by atoms with Gasteiger partial charge in [-0.3, -0.25) is 9.59 Å². The second-order valence-corrected chi connectivity index (χ2v) is 4.06. The molecule has 0 heterocycles. The summed E-state index contributed by atoms with van der Waals surface area (Å²) in [7, 11) is 0. The van der Waals surface area contributed by atoms with Crippen LogP contribution in [0, 0.1) is 12.8 Å². The minimum Gasteiger partial charge on any atom is -0.295 e. The van der Waals surface area contributed by atoms with Crippen molar-refractivity contribution in [3.05, 3.63) is 60.4 Å². The van der Waals surface area contributed by atoms with Crippen LogP contribution in [0.15, 0.2) is 47.6 Å². The van der Waals surface area contributed by atoms with Gasteiger partial charge in [-0.05, 0) is 42.6 Å². The Balaban J connectivity index is 1.74. The normalized spacial score (nSPS) is 19.3. The third kappa shape index (κ3) is 3.66. The molecule has 2 heteroatoms. The molecule has 2 nitrogen and oxygen atoms in total. The van der Waals surface area contributed by atoms with E-state index in [0.29, 0.717) is 12.8 Å². The van der Waals surface area contributed by atoms with Gasteiger partial charge in [-0.1, -0.05) is 24.3 Å². The molecule has 17 heavy (non-hydrogen) atoms. The zero-order valence-electron chi connectivity index (χ0n) is 9.56. The van der Waals surface area contributed by atoms with Crippen LogP contribution >= 0.6 is 0 Å². The topological polar surface area (TPSA) is 34.1 Å². The highest BCUT2D eigenvalue weighted by Gasteiger charge is 2.06. The Kier molecular flexibility index (Phi) is 3.86. The van der Waals surface area contributed by atoms with Crippen LogP contribution in [-0.2, 0) is 9.59 Å². The van der Waals surface area contributed by atoms with Crippen molar-refractivity contribution in [2.24, 2.45) is 0 Å². The molecule has 0 aromatic heterocycles. The standard InChI is InChI=1S/C15H14O2/c16-14-8-4-12(5-9-14)2-1-3-13-6-10-15(17)11-7-13/h2-8,10H,1,9,11H2. The first-order valence-corrected chi connectivity index (χ1v) is 5.72. The van der Waals surface area contributed by atoms with Gasteiger partial charge in [0.1, 0.15) is 0 Å². The molecule has 0 saturated heterocycles. The summed E-state index contributed by atoms with van der Waals surface area (Å²) < 4.78 is 0. The number of carbonyl (C=O) groups is 2. The van der Waals surface area contributed by atoms with Crippen molar-refractivity contribution in [2.75, 3.05) is 0 Å². The summed E-state index contributed by atoms with van der Waals surface area (Å²) in [6, 6.07) is 0. The van der Waals surface area contributed by atoms with Gasteiger partial charge in [0, 0.05) is 12.8 Å². The molecular formula is C15H14O2. The first kappa shape index (κ1) is 11.8. The van der Waals surface area contributed by atoms with E-state index in [0.717, 1.165) is 17.6 Å². The van der Waals surface area contributed by atoms with Gasteiger partial charge in [-0.2, -0.15) is 0 Å². The van der Waals surface area contributed by atoms with E-state index in [1.54, 1.807) is 12.2 Å². The van der Waals surface area contributed by atoms with E-state index in [1.807, 2.05) is 24.3 Å². The Bertz CT molecular complexity index is 406. The lowest BCUT2D eigenvalue weighted by Gasteiger charge is -2.08. The SMILES string of the molecule is O=C1C=CC([CH]C[CH]C2=CCC(=O)C=C2)=CC1. The van der Waals surface area contributed by atoms with Crippen LogP contribution in [0.1, 0.15) is 19.3 Å². The zero-order chi connectivity index (χ0) is 12.1. The van der Waals surface area contributed by atoms with Crippen molar-refractivity contribution in [1.29, 1.82) is 0 Å². The molecule has 0 saturated carbocycles. The molecule has 2 aliphatic rings. The van der Waals surface area contributed by atoms with Crippen LogP contribution in [0.3, 0.4) is 0 Å². The van der Waals surface area contributed by atoms with Gasteiger partial charge < -0.3 is 0 Å². The van der Waals surface area contributed by atoms with Gasteiger partial charge >= 0.3 is 0 Å². The molecule has 0 fully saturated rings. The van der Waals surface area contributed by atoms with Crippen molar-refractivity contribution < 1.29 is 9.59 Å². The van der Waals surface area contributed by atoms with Crippen LogP contribution in [0.2, 0.25) is 0 Å². The van der Waals surface area contributed by atoms with E-state index >= 15 is 0 Å². The second-order valence-electron chi connectivity index (χ2n) is 4.06. The molecule has 2 radical (unpaired) electrons. The quantitative estimate of drug-likeness (QED) is 0.738. The van der Waals surface area contributed by atoms with Crippen LogP contribution < -0.4 is 0 Å². The van der Waals surface area contributed by atoms with Gasteiger partial charge in [0.15, 0.2) is 11.6 Å². The van der Waals surface area contributed by atoms with Crippen LogP contribution in [0.25, 0.3) is 0 Å². The van der Waals surface area contributed by atoms with Crippen molar-refractivity contribution in [1.82, 2.24) is 0 Å². The van der Waals surface area contributed by atoms with Crippen LogP contribution in [0.5, 0.6) is 0 Å². The monoisotopic (exact) mass is 226 g/mol. The lowest BCUT2D eigenvalue weighted by Crippen LogP contribution is -1.99. The maximum atomic E-state index is 11.0. The van der Waals surface area contributed by atoms with Crippen LogP contribution in [0.4, 0.5) is 0 Å². The summed E-state index contributed by atoms with van der Waals surface area (Å²) in [5.74, 6) is 0.310. The molecule has 0 atom stereocenters. The molecular weight excluding hydrogens is 212 g/mol. The third-order valence-corrected chi connectivity index (χ3v) is 2.71. The maximum absolute atomic E-state index is 11.0. The number of ketones is 2. The van der Waals surface area contributed by atoms with Gasteiger partial charge in [0.2, 0.25) is 0 Å². The number of hydrogen-bond donors (Lipinski definition) is 0. The summed E-state index contributed by atoms with van der Waals surface area (Å²) >= 11 is 0. The van der Waals surface area contributed by atoms with Crippen molar-refractivity contribution >= 4 is 11.6 Å². The molecule has 0 spiro atoms. The Labute approximate surface area is 101 Å². The van der Waals surface area contributed by atoms with E-state index < -0.39 is 0 Å². The van der Waals surface area contributed by atoms with Crippen molar-refractivity contribution in [2.45, 2.75) is 19.3 Å². The summed E-state index contributed by atoms with van der Waals surface area (Å²) in [6.07, 6.45) is 16.8. The molecule has 2 aliphatic carbocycles. The highest BCUT2D eigenvalue weighted by atomic mass is 16.1. The van der Waals surface area contributed by atoms with Gasteiger partial charge in [-0.25, -0.2) is 0 Å². The fraction of sp³-hybridized carbons (Fsp3) is 0.200. The lowest BCUT2D eigenvalue weighted by molar-refractivity contribution is -0.114. The number of rotatable bonds is 4. The molecule has 2 rings (SSSR count). The molecule has 0 bridgehead atoms. The highest BCUT2D eigenvalue weighted by molar-refractivity contribution is 5.93. The molecule has 0 aromatic rings. The Morgan fingerprint density at radius 3 is 1.65 bits per heavy atom. The molecule has 0 aliphatic heterocycles. The molecule has 0 N–H and O–H groups in total. The Morgan fingerprint density at radius 2 is 1.29 bits per heavy atom. The lowest BCUT2D eigenvalue weighted by atomic mass is 9.97. The summed E-state index contributed by atoms with van der Waals surface area (Å²) in [5, 5.41) is 0. The van der Waals surface area contributed by atoms with Crippen LogP contribution in [-0.4, -0.2) is 11.6 Å². The van der Waals surface area contributed by atoms with Gasteiger partial charge in [0.25, 0.3) is 0 Å². The molecule has 0 amide bonds. The summed E-state index contributed by atoms with van der Waals surface area (Å²) in [6.45, 7) is 0. The minimum absolute atomic E-state index is 0.155. The first-order valence-electron chi connectivity index (χ1n) is 5.72. The third-order valence-electron chi connectivity index (χ3n) is 2.71. The number of carbonyl (C=O) groups excluding carboxylic acids is 2. The summed E-state index contributed by atoms with van der Waals surface area (Å²) in [5.41, 5.74) is 2.19. The Morgan fingerprint density at radius 1 is 0.824 bits per heavy atom. The maximum Gasteiger partial charge on any atom is 0.159 e. The fourth-order valence-corrected chi connectivity index (χ4v) is 1.72. The highest BCUT2D eigenvalue weighted by Crippen LogP contribution is 2.17. The largest absolute Gasteiger partial charge is 0.295 e. The van der Waals surface area contributed by atoms with E-state index in [4.69, 9.17) is 0 Å². The number of allylic oxidation sites excluding steroid dienone is 8. The second kappa shape index (κ2) is 5.58. The molecule has 0 aromatic carbocycles. The summed E-state index contributed by atoms with van der Waals surface area (Å²) in [4.78, 5) is 21.9. The average molecular weight is 226 g/mol. The van der Waals surface area contributed by atoms with E-state index in [-0.39, 0.29) is 11.6 Å². The molecule has 0 unspecified atom stereocenters. The average Bonchev–Trinajstić information content (AvgIpc) is 2.34. The Hall–Kier alpha value is -1.70. The van der Waals surface area contributed by atoms with Gasteiger partial charge in [-0.15, -0.1) is 0 Å². The number of hydrogen-bond acceptors (Lipinski definition) is 2. The van der Waals surface area contributed by atoms with Gasteiger partial charge in [0.05, 0.1) is 0 Å². The van der Waals surface area contributed by atoms with E-state index in [1.165, 1.54) is 0 Å². The zero-order valence-corrected chi connectivity index (χ0v) is 9.56. The fourth-order valence-electron chi connectivity index (χ4n) is 1.72. The van der Waals surface area contributed by atoms with E-state index in [2.05, 4.69) is 12.8 Å². The smallest absolute Gasteiger partial charge is 0.159 e. The van der Waals surface area contributed by atoms with E-state index in [9.17, 15) is 9.59 Å². The first-order chi connectivity index (χ1) is 8.24. The van der Waals surface area contributed by atoms with Crippen molar-refractivity contribution in [3.63, 3.8) is 0 Å². The predicted molar refractivity (Wildman–Crippen MR) is 66.9 cm³/mol. The minimum atomic E-state index is 0.155. The van der Waals surface area contributed by atoms with Crippen molar-refractivity contribution in [3.8, 4) is 0 Å². The predicted octanol–water partition coefficient (Wildman–Crippen LogP) is 2.70.